The van der Waals surface area contributed by atoms with E-state index in [-0.39, 0.29) is 17.7 Å². The molecule has 0 saturated heterocycles. The monoisotopic (exact) mass is 341 g/mol. The lowest BCUT2D eigenvalue weighted by Crippen LogP contribution is -2.49. The van der Waals surface area contributed by atoms with Gasteiger partial charge in [0.15, 0.2) is 0 Å². The molecule has 0 spiro atoms. The van der Waals surface area contributed by atoms with Gasteiger partial charge in [0.1, 0.15) is 17.5 Å². The summed E-state index contributed by atoms with van der Waals surface area (Å²) in [5, 5.41) is 2.80. The molecule has 1 heterocycles. The Balaban J connectivity index is 2.05. The quantitative estimate of drug-likeness (QED) is 0.877. The van der Waals surface area contributed by atoms with Crippen molar-refractivity contribution in [2.24, 2.45) is 5.92 Å². The molecule has 2 aromatic rings. The van der Waals surface area contributed by atoms with Crippen molar-refractivity contribution in [3.63, 3.8) is 0 Å². The Bertz CT molecular complexity index is 712. The number of benzene rings is 1. The van der Waals surface area contributed by atoms with Crippen molar-refractivity contribution in [2.45, 2.75) is 19.9 Å². The van der Waals surface area contributed by atoms with Gasteiger partial charge in [-0.1, -0.05) is 13.8 Å². The highest BCUT2D eigenvalue weighted by molar-refractivity contribution is 5.97. The van der Waals surface area contributed by atoms with Crippen molar-refractivity contribution in [3.05, 3.63) is 54.4 Å². The van der Waals surface area contributed by atoms with Gasteiger partial charge in [-0.25, -0.2) is 0 Å². The number of hydrogen-bond acceptors (Lipinski definition) is 4. The molecule has 2 rings (SSSR count). The minimum absolute atomic E-state index is 0.00737. The van der Waals surface area contributed by atoms with Crippen LogP contribution in [-0.2, 0) is 4.79 Å². The molecule has 1 aromatic carbocycles. The third kappa shape index (κ3) is 5.04. The number of likely N-dealkylation sites (N-methyl/N-ethyl adjacent to an activating group) is 1. The minimum Gasteiger partial charge on any atom is -0.456 e. The average Bonchev–Trinajstić information content (AvgIpc) is 2.60. The van der Waals surface area contributed by atoms with Crippen molar-refractivity contribution in [2.75, 3.05) is 14.1 Å². The van der Waals surface area contributed by atoms with Crippen molar-refractivity contribution in [3.8, 4) is 11.5 Å². The maximum atomic E-state index is 12.4. The Labute approximate surface area is 147 Å². The van der Waals surface area contributed by atoms with E-state index < -0.39 is 6.04 Å². The molecule has 0 radical (unpaired) electrons. The Morgan fingerprint density at radius 2 is 1.76 bits per heavy atom. The standard InChI is InChI=1S/C19H23N3O3/c1-13(2)17(19(24)22(3)4)21-18(23)14-7-9-15(10-8-14)25-16-6-5-11-20-12-16/h5-13,17H,1-4H3,(H,21,23). The first-order valence-corrected chi connectivity index (χ1v) is 8.08. The van der Waals surface area contributed by atoms with Crippen molar-refractivity contribution in [1.29, 1.82) is 0 Å². The molecule has 1 aromatic heterocycles. The largest absolute Gasteiger partial charge is 0.456 e. The van der Waals surface area contributed by atoms with Crippen LogP contribution >= 0.6 is 0 Å². The summed E-state index contributed by atoms with van der Waals surface area (Å²) in [7, 11) is 3.35. The van der Waals surface area contributed by atoms with E-state index >= 15 is 0 Å². The molecule has 0 saturated carbocycles. The third-order valence-electron chi connectivity index (χ3n) is 3.65. The lowest BCUT2D eigenvalue weighted by molar-refractivity contribution is -0.131. The summed E-state index contributed by atoms with van der Waals surface area (Å²) in [6, 6.07) is 9.77. The van der Waals surface area contributed by atoms with Crippen LogP contribution < -0.4 is 10.1 Å². The van der Waals surface area contributed by atoms with Crippen LogP contribution in [0.25, 0.3) is 0 Å². The zero-order valence-electron chi connectivity index (χ0n) is 14.9. The number of amides is 2. The van der Waals surface area contributed by atoms with Crippen molar-refractivity contribution < 1.29 is 14.3 Å². The Kier molecular flexibility index (Phi) is 6.11. The molecule has 132 valence electrons. The van der Waals surface area contributed by atoms with Gasteiger partial charge in [-0.3, -0.25) is 14.6 Å². The molecule has 0 aliphatic rings. The summed E-state index contributed by atoms with van der Waals surface area (Å²) in [6.45, 7) is 3.80. The van der Waals surface area contributed by atoms with Gasteiger partial charge in [-0.05, 0) is 42.3 Å². The fourth-order valence-electron chi connectivity index (χ4n) is 2.23. The second kappa shape index (κ2) is 8.28. The Morgan fingerprint density at radius 3 is 2.28 bits per heavy atom. The molecule has 0 aliphatic carbocycles. The smallest absolute Gasteiger partial charge is 0.251 e. The predicted octanol–water partition coefficient (Wildman–Crippen LogP) is 2.72. The van der Waals surface area contributed by atoms with Gasteiger partial charge in [0.2, 0.25) is 5.91 Å². The van der Waals surface area contributed by atoms with Crippen LogP contribution in [0.4, 0.5) is 0 Å². The fraction of sp³-hybridized carbons (Fsp3) is 0.316. The number of ether oxygens (including phenoxy) is 1. The van der Waals surface area contributed by atoms with Gasteiger partial charge in [-0.2, -0.15) is 0 Å². The summed E-state index contributed by atoms with van der Waals surface area (Å²) >= 11 is 0. The first-order valence-electron chi connectivity index (χ1n) is 8.08. The van der Waals surface area contributed by atoms with Gasteiger partial charge in [-0.15, -0.1) is 0 Å². The van der Waals surface area contributed by atoms with E-state index in [1.54, 1.807) is 62.9 Å². The van der Waals surface area contributed by atoms with Crippen LogP contribution in [0.1, 0.15) is 24.2 Å². The van der Waals surface area contributed by atoms with E-state index in [0.29, 0.717) is 17.1 Å². The number of hydrogen-bond donors (Lipinski definition) is 1. The number of aromatic nitrogens is 1. The maximum Gasteiger partial charge on any atom is 0.251 e. The minimum atomic E-state index is -0.561. The highest BCUT2D eigenvalue weighted by Crippen LogP contribution is 2.20. The van der Waals surface area contributed by atoms with E-state index in [4.69, 9.17) is 4.74 Å². The summed E-state index contributed by atoms with van der Waals surface area (Å²) in [5.74, 6) is 0.805. The van der Waals surface area contributed by atoms with Crippen LogP contribution in [0.2, 0.25) is 0 Å². The first-order chi connectivity index (χ1) is 11.9. The van der Waals surface area contributed by atoms with Gasteiger partial charge >= 0.3 is 0 Å². The van der Waals surface area contributed by atoms with Crippen LogP contribution in [0.15, 0.2) is 48.8 Å². The Hall–Kier alpha value is -2.89. The molecule has 25 heavy (non-hydrogen) atoms. The summed E-state index contributed by atoms with van der Waals surface area (Å²) in [5.41, 5.74) is 0.468. The molecule has 6 nitrogen and oxygen atoms in total. The zero-order chi connectivity index (χ0) is 18.4. The summed E-state index contributed by atoms with van der Waals surface area (Å²) in [4.78, 5) is 30.1. The SMILES string of the molecule is CC(C)C(NC(=O)c1ccc(Oc2cccnc2)cc1)C(=O)N(C)C. The molecule has 0 bridgehead atoms. The lowest BCUT2D eigenvalue weighted by Gasteiger charge is -2.24. The average molecular weight is 341 g/mol. The fourth-order valence-corrected chi connectivity index (χ4v) is 2.23. The van der Waals surface area contributed by atoms with Gasteiger partial charge < -0.3 is 15.0 Å². The van der Waals surface area contributed by atoms with Crippen LogP contribution in [0, 0.1) is 5.92 Å². The maximum absolute atomic E-state index is 12.4. The number of nitrogens with zero attached hydrogens (tertiary/aromatic N) is 2. The van der Waals surface area contributed by atoms with Crippen LogP contribution in [-0.4, -0.2) is 41.8 Å². The molecular weight excluding hydrogens is 318 g/mol. The molecule has 6 heteroatoms. The molecule has 1 atom stereocenters. The molecule has 1 unspecified atom stereocenters. The second-order valence-electron chi connectivity index (χ2n) is 6.24. The van der Waals surface area contributed by atoms with Crippen LogP contribution in [0.3, 0.4) is 0 Å². The lowest BCUT2D eigenvalue weighted by atomic mass is 10.0. The van der Waals surface area contributed by atoms with E-state index in [1.165, 1.54) is 4.90 Å². The highest BCUT2D eigenvalue weighted by Gasteiger charge is 2.25. The normalized spacial score (nSPS) is 11.7. The molecule has 0 aliphatic heterocycles. The van der Waals surface area contributed by atoms with Crippen LogP contribution in [0.5, 0.6) is 11.5 Å². The van der Waals surface area contributed by atoms with Gasteiger partial charge in [0.05, 0.1) is 6.20 Å². The van der Waals surface area contributed by atoms with Crippen molar-refractivity contribution in [1.82, 2.24) is 15.2 Å². The number of rotatable bonds is 6. The number of carbonyl (C=O) groups excluding carboxylic acids is 2. The van der Waals surface area contributed by atoms with Gasteiger partial charge in [0, 0.05) is 25.9 Å². The predicted molar refractivity (Wildman–Crippen MR) is 95.5 cm³/mol. The van der Waals surface area contributed by atoms with Gasteiger partial charge in [0.25, 0.3) is 5.91 Å². The summed E-state index contributed by atoms with van der Waals surface area (Å²) in [6.07, 6.45) is 3.28. The first kappa shape index (κ1) is 18.4. The van der Waals surface area contributed by atoms with E-state index in [2.05, 4.69) is 10.3 Å². The number of carbonyl (C=O) groups is 2. The highest BCUT2D eigenvalue weighted by atomic mass is 16.5. The van der Waals surface area contributed by atoms with E-state index in [1.807, 2.05) is 13.8 Å². The van der Waals surface area contributed by atoms with Crippen molar-refractivity contribution >= 4 is 11.8 Å². The van der Waals surface area contributed by atoms with E-state index in [0.717, 1.165) is 0 Å². The molecule has 1 N–H and O–H groups in total. The second-order valence-corrected chi connectivity index (χ2v) is 6.24. The third-order valence-corrected chi connectivity index (χ3v) is 3.65. The number of nitrogens with one attached hydrogen (secondary N) is 1. The number of pyridine rings is 1. The molecule has 0 fully saturated rings. The topological polar surface area (TPSA) is 71.5 Å². The summed E-state index contributed by atoms with van der Waals surface area (Å²) < 4.78 is 5.65. The Morgan fingerprint density at radius 1 is 1.08 bits per heavy atom. The molecular formula is C19H23N3O3. The molecule has 2 amide bonds. The van der Waals surface area contributed by atoms with E-state index in [9.17, 15) is 9.59 Å². The zero-order valence-corrected chi connectivity index (χ0v) is 14.9.